The summed E-state index contributed by atoms with van der Waals surface area (Å²) in [5, 5.41) is 0.180. The van der Waals surface area contributed by atoms with E-state index in [0.717, 1.165) is 0 Å². The quantitative estimate of drug-likeness (QED) is 0.406. The second-order valence-electron chi connectivity index (χ2n) is 5.59. The monoisotopic (exact) mass is 421 g/mol. The van der Waals surface area contributed by atoms with Gasteiger partial charge in [0.1, 0.15) is 12.2 Å². The predicted octanol–water partition coefficient (Wildman–Crippen LogP) is 2.71. The molecule has 0 aliphatic carbocycles. The lowest BCUT2D eigenvalue weighted by Gasteiger charge is -2.21. The van der Waals surface area contributed by atoms with Gasteiger partial charge in [-0.2, -0.15) is 9.97 Å². The zero-order valence-electron chi connectivity index (χ0n) is 15.6. The zero-order valence-corrected chi connectivity index (χ0v) is 17.3. The van der Waals surface area contributed by atoms with Gasteiger partial charge in [0.05, 0.1) is 38.4 Å². The fourth-order valence-corrected chi connectivity index (χ4v) is 4.41. The van der Waals surface area contributed by atoms with Crippen LogP contribution in [-0.2, 0) is 29.8 Å². The van der Waals surface area contributed by atoms with E-state index < -0.39 is 7.60 Å². The lowest BCUT2D eigenvalue weighted by molar-refractivity contribution is -0.0348. The van der Waals surface area contributed by atoms with Crippen molar-refractivity contribution in [2.45, 2.75) is 33.1 Å². The molecular formula is C15H25ClN5O5P. The van der Waals surface area contributed by atoms with Gasteiger partial charge in [-0.25, -0.2) is 4.98 Å². The first kappa shape index (κ1) is 22.0. The summed E-state index contributed by atoms with van der Waals surface area (Å²) < 4.78 is 36.0. The van der Waals surface area contributed by atoms with Crippen molar-refractivity contribution in [1.29, 1.82) is 0 Å². The summed E-state index contributed by atoms with van der Waals surface area (Å²) >= 11 is 6.02. The number of imidazole rings is 1. The number of rotatable bonds is 12. The molecule has 1 unspecified atom stereocenters. The van der Waals surface area contributed by atoms with Gasteiger partial charge in [0.15, 0.2) is 10.8 Å². The lowest BCUT2D eigenvalue weighted by Crippen LogP contribution is -2.22. The van der Waals surface area contributed by atoms with Crippen LogP contribution in [0, 0.1) is 0 Å². The molecule has 10 nitrogen and oxygen atoms in total. The first-order chi connectivity index (χ1) is 12.9. The number of halogens is 1. The van der Waals surface area contributed by atoms with Crippen LogP contribution in [0.1, 0.15) is 20.3 Å². The first-order valence-corrected chi connectivity index (χ1v) is 10.7. The van der Waals surface area contributed by atoms with Crippen LogP contribution in [0.25, 0.3) is 11.2 Å². The maximum Gasteiger partial charge on any atom is 0.330 e. The summed E-state index contributed by atoms with van der Waals surface area (Å²) in [6, 6.07) is 0. The van der Waals surface area contributed by atoms with Crippen LogP contribution < -0.4 is 5.73 Å². The van der Waals surface area contributed by atoms with Crippen LogP contribution in [0.4, 0.5) is 5.95 Å². The molecule has 0 spiro atoms. The van der Waals surface area contributed by atoms with Crippen molar-refractivity contribution in [1.82, 2.24) is 19.5 Å². The summed E-state index contributed by atoms with van der Waals surface area (Å²) in [7, 11) is -1.57. The standard InChI is InChI=1S/C15H25ClN5O5P/c1-4-25-27(22,26-5-2)7-6-11(8-23-3)24-10-21-9-18-12-13(16)19-15(17)20-14(12)21/h9,11H,4-8,10H2,1-3H3,(H2,17,19,20). The molecule has 2 rings (SSSR count). The van der Waals surface area contributed by atoms with Crippen molar-refractivity contribution in [3.05, 3.63) is 11.5 Å². The third kappa shape index (κ3) is 6.10. The van der Waals surface area contributed by atoms with E-state index >= 15 is 0 Å². The van der Waals surface area contributed by atoms with E-state index in [0.29, 0.717) is 37.4 Å². The van der Waals surface area contributed by atoms with Gasteiger partial charge in [-0.3, -0.25) is 9.13 Å². The van der Waals surface area contributed by atoms with Crippen LogP contribution in [0.5, 0.6) is 0 Å². The average molecular weight is 422 g/mol. The van der Waals surface area contributed by atoms with E-state index in [9.17, 15) is 4.57 Å². The van der Waals surface area contributed by atoms with Gasteiger partial charge >= 0.3 is 7.60 Å². The number of nitrogen functional groups attached to an aromatic ring is 1. The normalized spacial score (nSPS) is 13.3. The minimum absolute atomic E-state index is 0.0528. The minimum Gasteiger partial charge on any atom is -0.382 e. The van der Waals surface area contributed by atoms with Crippen molar-refractivity contribution in [3.63, 3.8) is 0 Å². The lowest BCUT2D eigenvalue weighted by atomic mass is 10.3. The molecule has 0 aromatic carbocycles. The summed E-state index contributed by atoms with van der Waals surface area (Å²) in [5.74, 6) is 0.0528. The summed E-state index contributed by atoms with van der Waals surface area (Å²) in [5.41, 5.74) is 6.55. The van der Waals surface area contributed by atoms with Crippen LogP contribution in [0.2, 0.25) is 5.15 Å². The molecule has 0 saturated carbocycles. The molecule has 2 N–H and O–H groups in total. The van der Waals surface area contributed by atoms with Gasteiger partial charge in [0, 0.05) is 7.11 Å². The summed E-state index contributed by atoms with van der Waals surface area (Å²) in [6.45, 7) is 4.65. The maximum atomic E-state index is 12.6. The summed E-state index contributed by atoms with van der Waals surface area (Å²) in [6.07, 6.45) is 1.89. The third-order valence-corrected chi connectivity index (χ3v) is 5.99. The number of ether oxygens (including phenoxy) is 2. The third-order valence-electron chi connectivity index (χ3n) is 3.62. The highest BCUT2D eigenvalue weighted by Gasteiger charge is 2.25. The Morgan fingerprint density at radius 2 is 2.00 bits per heavy atom. The molecule has 152 valence electrons. The maximum absolute atomic E-state index is 12.6. The van der Waals surface area contributed by atoms with Crippen molar-refractivity contribution in [2.24, 2.45) is 0 Å². The molecule has 2 aromatic rings. The van der Waals surface area contributed by atoms with Crippen molar-refractivity contribution >= 4 is 36.3 Å². The second-order valence-corrected chi connectivity index (χ2v) is 8.13. The smallest absolute Gasteiger partial charge is 0.330 e. The van der Waals surface area contributed by atoms with Gasteiger partial charge in [0.2, 0.25) is 5.95 Å². The Balaban J connectivity index is 2.03. The first-order valence-electron chi connectivity index (χ1n) is 8.55. The number of anilines is 1. The van der Waals surface area contributed by atoms with Crippen molar-refractivity contribution in [3.8, 4) is 0 Å². The van der Waals surface area contributed by atoms with E-state index in [4.69, 9.17) is 35.9 Å². The van der Waals surface area contributed by atoms with E-state index in [2.05, 4.69) is 15.0 Å². The highest BCUT2D eigenvalue weighted by molar-refractivity contribution is 7.53. The van der Waals surface area contributed by atoms with Gasteiger partial charge in [-0.1, -0.05) is 11.6 Å². The fraction of sp³-hybridized carbons (Fsp3) is 0.667. The van der Waals surface area contributed by atoms with E-state index in [1.54, 1.807) is 31.9 Å². The molecular weight excluding hydrogens is 397 g/mol. The van der Waals surface area contributed by atoms with Gasteiger partial charge in [-0.15, -0.1) is 0 Å². The molecule has 2 heterocycles. The van der Waals surface area contributed by atoms with Gasteiger partial charge < -0.3 is 24.3 Å². The minimum atomic E-state index is -3.14. The number of methoxy groups -OCH3 is 1. The topological polar surface area (TPSA) is 124 Å². The van der Waals surface area contributed by atoms with E-state index in [1.807, 2.05) is 0 Å². The number of hydrogen-bond donors (Lipinski definition) is 1. The molecule has 0 aliphatic heterocycles. The SMILES string of the molecule is CCOP(=O)(CCC(COC)OCn1cnc2c(Cl)nc(N)nc21)OCC. The number of nitrogens with two attached hydrogens (primary N) is 1. The molecule has 27 heavy (non-hydrogen) atoms. The molecule has 12 heteroatoms. The van der Waals surface area contributed by atoms with Crippen LogP contribution in [-0.4, -0.2) is 58.7 Å². The highest BCUT2D eigenvalue weighted by atomic mass is 35.5. The van der Waals surface area contributed by atoms with Gasteiger partial charge in [-0.05, 0) is 20.3 Å². The van der Waals surface area contributed by atoms with Crippen LogP contribution >= 0.6 is 19.2 Å². The number of hydrogen-bond acceptors (Lipinski definition) is 9. The number of aromatic nitrogens is 4. The molecule has 0 saturated heterocycles. The molecule has 0 radical (unpaired) electrons. The fourth-order valence-electron chi connectivity index (χ4n) is 2.47. The number of fused-ring (bicyclic) bond motifs is 1. The van der Waals surface area contributed by atoms with Crippen LogP contribution in [0.15, 0.2) is 6.33 Å². The molecule has 0 amide bonds. The Morgan fingerprint density at radius 3 is 2.63 bits per heavy atom. The summed E-state index contributed by atoms with van der Waals surface area (Å²) in [4.78, 5) is 12.2. The molecule has 2 aromatic heterocycles. The largest absolute Gasteiger partial charge is 0.382 e. The Bertz CT molecular complexity index is 779. The zero-order chi connectivity index (χ0) is 19.9. The predicted molar refractivity (Wildman–Crippen MR) is 102 cm³/mol. The van der Waals surface area contributed by atoms with Crippen LogP contribution in [0.3, 0.4) is 0 Å². The van der Waals surface area contributed by atoms with Crippen molar-refractivity contribution in [2.75, 3.05) is 38.8 Å². The number of nitrogens with zero attached hydrogens (tertiary/aromatic N) is 4. The van der Waals surface area contributed by atoms with Gasteiger partial charge in [0.25, 0.3) is 0 Å². The van der Waals surface area contributed by atoms with Crippen molar-refractivity contribution < 1.29 is 23.1 Å². The van der Waals surface area contributed by atoms with E-state index in [-0.39, 0.29) is 30.1 Å². The Morgan fingerprint density at radius 1 is 1.30 bits per heavy atom. The highest BCUT2D eigenvalue weighted by Crippen LogP contribution is 2.48. The Labute approximate surface area is 162 Å². The molecule has 0 aliphatic rings. The molecule has 0 bridgehead atoms. The van der Waals surface area contributed by atoms with E-state index in [1.165, 1.54) is 0 Å². The second kappa shape index (κ2) is 10.3. The molecule has 1 atom stereocenters. The molecule has 0 fully saturated rings. The average Bonchev–Trinajstić information content (AvgIpc) is 3.01. The Hall–Kier alpha value is -1.29. The Kier molecular flexibility index (Phi) is 8.40.